The molecule has 1 aromatic rings. The smallest absolute Gasteiger partial charge is 0.153 e. The second kappa shape index (κ2) is 6.24. The molecule has 17 heavy (non-hydrogen) atoms. The Labute approximate surface area is 103 Å². The van der Waals surface area contributed by atoms with Crippen molar-refractivity contribution in [1.82, 2.24) is 0 Å². The minimum atomic E-state index is 0.447. The monoisotopic (exact) mass is 232 g/mol. The van der Waals surface area contributed by atoms with Crippen molar-refractivity contribution >= 4 is 6.29 Å². The number of hydrogen-bond donors (Lipinski definition) is 0. The predicted octanol–water partition coefficient (Wildman–Crippen LogP) is 3.75. The number of aldehydes is 1. The maximum Gasteiger partial charge on any atom is 0.153 e. The number of carbonyl (C=O) groups is 1. The van der Waals surface area contributed by atoms with Crippen molar-refractivity contribution in [3.63, 3.8) is 0 Å². The van der Waals surface area contributed by atoms with Crippen LogP contribution in [0.15, 0.2) is 24.8 Å². The fourth-order valence-electron chi connectivity index (χ4n) is 1.90. The van der Waals surface area contributed by atoms with Gasteiger partial charge in [0.2, 0.25) is 0 Å². The molecule has 0 heterocycles. The van der Waals surface area contributed by atoms with Crippen LogP contribution in [0.4, 0.5) is 0 Å². The number of methoxy groups -OCH3 is 1. The Morgan fingerprint density at radius 1 is 1.47 bits per heavy atom. The molecule has 0 radical (unpaired) electrons. The summed E-state index contributed by atoms with van der Waals surface area (Å²) < 4.78 is 5.31. The standard InChI is InChI=1S/C15H20O2/c1-5-7-12-8-13(11(3)6-2)9-14(10-16)15(12)17-4/h5,8-11H,1,6-7H2,2-4H3. The highest BCUT2D eigenvalue weighted by molar-refractivity contribution is 5.81. The molecule has 1 aromatic carbocycles. The first-order chi connectivity index (χ1) is 8.17. The first-order valence-electron chi connectivity index (χ1n) is 5.94. The van der Waals surface area contributed by atoms with Gasteiger partial charge >= 0.3 is 0 Å². The lowest BCUT2D eigenvalue weighted by Crippen LogP contribution is -2.01. The number of hydrogen-bond acceptors (Lipinski definition) is 2. The van der Waals surface area contributed by atoms with E-state index in [1.54, 1.807) is 7.11 Å². The minimum Gasteiger partial charge on any atom is -0.496 e. The average Bonchev–Trinajstić information content (AvgIpc) is 2.37. The molecule has 0 aliphatic heterocycles. The third-order valence-electron chi connectivity index (χ3n) is 3.09. The Hall–Kier alpha value is -1.57. The van der Waals surface area contributed by atoms with Gasteiger partial charge in [-0.1, -0.05) is 26.0 Å². The lowest BCUT2D eigenvalue weighted by Gasteiger charge is -2.15. The van der Waals surface area contributed by atoms with Crippen LogP contribution in [0, 0.1) is 0 Å². The highest BCUT2D eigenvalue weighted by atomic mass is 16.5. The van der Waals surface area contributed by atoms with Crippen LogP contribution in [0.3, 0.4) is 0 Å². The summed E-state index contributed by atoms with van der Waals surface area (Å²) in [4.78, 5) is 11.1. The number of benzene rings is 1. The Morgan fingerprint density at radius 2 is 2.18 bits per heavy atom. The molecule has 0 bridgehead atoms. The van der Waals surface area contributed by atoms with Gasteiger partial charge in [0, 0.05) is 0 Å². The SMILES string of the molecule is C=CCc1cc(C(C)CC)cc(C=O)c1OC. The first kappa shape index (κ1) is 13.5. The molecule has 0 fully saturated rings. The van der Waals surface area contributed by atoms with Crippen LogP contribution >= 0.6 is 0 Å². The molecule has 2 heteroatoms. The van der Waals surface area contributed by atoms with Crippen molar-refractivity contribution in [3.8, 4) is 5.75 Å². The summed E-state index contributed by atoms with van der Waals surface area (Å²) in [5.74, 6) is 1.12. The van der Waals surface area contributed by atoms with Gasteiger partial charge in [-0.05, 0) is 36.0 Å². The van der Waals surface area contributed by atoms with Crippen molar-refractivity contribution in [3.05, 3.63) is 41.5 Å². The molecule has 0 saturated carbocycles. The van der Waals surface area contributed by atoms with E-state index in [4.69, 9.17) is 4.74 Å². The molecular weight excluding hydrogens is 212 g/mol. The second-order valence-corrected chi connectivity index (χ2v) is 4.22. The van der Waals surface area contributed by atoms with E-state index in [0.717, 1.165) is 18.3 Å². The summed E-state index contributed by atoms with van der Waals surface area (Å²) in [6, 6.07) is 4.04. The fourth-order valence-corrected chi connectivity index (χ4v) is 1.90. The van der Waals surface area contributed by atoms with Gasteiger partial charge in [0.15, 0.2) is 6.29 Å². The molecule has 0 amide bonds. The van der Waals surface area contributed by atoms with Crippen LogP contribution in [-0.4, -0.2) is 13.4 Å². The molecule has 0 aliphatic carbocycles. The molecule has 0 N–H and O–H groups in total. The lowest BCUT2D eigenvalue weighted by molar-refractivity contribution is 0.112. The molecule has 0 spiro atoms. The maximum absolute atomic E-state index is 11.1. The molecule has 92 valence electrons. The second-order valence-electron chi connectivity index (χ2n) is 4.22. The van der Waals surface area contributed by atoms with Crippen molar-refractivity contribution in [1.29, 1.82) is 0 Å². The van der Waals surface area contributed by atoms with Gasteiger partial charge in [-0.2, -0.15) is 0 Å². The summed E-state index contributed by atoms with van der Waals surface area (Å²) in [7, 11) is 1.60. The zero-order chi connectivity index (χ0) is 12.8. The van der Waals surface area contributed by atoms with Gasteiger partial charge in [0.1, 0.15) is 5.75 Å². The van der Waals surface area contributed by atoms with E-state index >= 15 is 0 Å². The van der Waals surface area contributed by atoms with E-state index in [2.05, 4.69) is 26.5 Å². The molecule has 0 aromatic heterocycles. The van der Waals surface area contributed by atoms with E-state index in [0.29, 0.717) is 23.7 Å². The van der Waals surface area contributed by atoms with Crippen LogP contribution in [0.2, 0.25) is 0 Å². The van der Waals surface area contributed by atoms with E-state index in [-0.39, 0.29) is 0 Å². The third kappa shape index (κ3) is 2.96. The molecular formula is C15H20O2. The Kier molecular flexibility index (Phi) is 4.95. The Morgan fingerprint density at radius 3 is 2.65 bits per heavy atom. The lowest BCUT2D eigenvalue weighted by atomic mass is 9.93. The van der Waals surface area contributed by atoms with Crippen LogP contribution in [-0.2, 0) is 6.42 Å². The summed E-state index contributed by atoms with van der Waals surface area (Å²) in [5.41, 5.74) is 2.84. The first-order valence-corrected chi connectivity index (χ1v) is 5.94. The van der Waals surface area contributed by atoms with E-state index < -0.39 is 0 Å². The summed E-state index contributed by atoms with van der Waals surface area (Å²) in [6.07, 6.45) is 4.45. The number of rotatable bonds is 6. The van der Waals surface area contributed by atoms with E-state index in [1.807, 2.05) is 12.1 Å². The van der Waals surface area contributed by atoms with Gasteiger partial charge in [-0.25, -0.2) is 0 Å². The Bertz CT molecular complexity index is 408. The molecule has 0 aliphatic rings. The van der Waals surface area contributed by atoms with Gasteiger partial charge in [0.05, 0.1) is 12.7 Å². The quantitative estimate of drug-likeness (QED) is 0.551. The van der Waals surface area contributed by atoms with Crippen molar-refractivity contribution in [2.75, 3.05) is 7.11 Å². The van der Waals surface area contributed by atoms with Gasteiger partial charge < -0.3 is 4.74 Å². The molecule has 1 unspecified atom stereocenters. The fraction of sp³-hybridized carbons (Fsp3) is 0.400. The number of allylic oxidation sites excluding steroid dienone is 1. The van der Waals surface area contributed by atoms with Crippen molar-refractivity contribution in [2.45, 2.75) is 32.6 Å². The maximum atomic E-state index is 11.1. The highest BCUT2D eigenvalue weighted by Crippen LogP contribution is 2.29. The highest BCUT2D eigenvalue weighted by Gasteiger charge is 2.13. The Balaban J connectivity index is 3.33. The van der Waals surface area contributed by atoms with Crippen LogP contribution in [0.1, 0.15) is 47.7 Å². The normalized spacial score (nSPS) is 11.9. The van der Waals surface area contributed by atoms with Gasteiger partial charge in [-0.3, -0.25) is 4.79 Å². The van der Waals surface area contributed by atoms with E-state index in [9.17, 15) is 4.79 Å². The average molecular weight is 232 g/mol. The van der Waals surface area contributed by atoms with Gasteiger partial charge in [0.25, 0.3) is 0 Å². The van der Waals surface area contributed by atoms with E-state index in [1.165, 1.54) is 5.56 Å². The van der Waals surface area contributed by atoms with Gasteiger partial charge in [-0.15, -0.1) is 6.58 Å². The van der Waals surface area contributed by atoms with Crippen molar-refractivity contribution < 1.29 is 9.53 Å². The zero-order valence-electron chi connectivity index (χ0n) is 10.8. The predicted molar refractivity (Wildman–Crippen MR) is 71.0 cm³/mol. The summed E-state index contributed by atoms with van der Waals surface area (Å²) in [5, 5.41) is 0. The molecule has 2 nitrogen and oxygen atoms in total. The summed E-state index contributed by atoms with van der Waals surface area (Å²) in [6.45, 7) is 8.04. The van der Waals surface area contributed by atoms with Crippen LogP contribution < -0.4 is 4.74 Å². The molecule has 1 atom stereocenters. The topological polar surface area (TPSA) is 26.3 Å². The minimum absolute atomic E-state index is 0.447. The third-order valence-corrected chi connectivity index (χ3v) is 3.09. The van der Waals surface area contributed by atoms with Crippen molar-refractivity contribution in [2.24, 2.45) is 0 Å². The van der Waals surface area contributed by atoms with Crippen LogP contribution in [0.25, 0.3) is 0 Å². The molecule has 1 rings (SSSR count). The van der Waals surface area contributed by atoms with Crippen LogP contribution in [0.5, 0.6) is 5.75 Å². The molecule has 0 saturated heterocycles. The number of carbonyl (C=O) groups excluding carboxylic acids is 1. The summed E-state index contributed by atoms with van der Waals surface area (Å²) >= 11 is 0. The number of ether oxygens (including phenoxy) is 1. The zero-order valence-corrected chi connectivity index (χ0v) is 10.8. The largest absolute Gasteiger partial charge is 0.496 e.